The summed E-state index contributed by atoms with van der Waals surface area (Å²) >= 11 is 0. The van der Waals surface area contributed by atoms with E-state index in [1.54, 1.807) is 0 Å². The van der Waals surface area contributed by atoms with Crippen LogP contribution in [0.4, 0.5) is 0 Å². The Kier molecular flexibility index (Phi) is 7.38. The molecule has 1 aliphatic heterocycles. The third kappa shape index (κ3) is 6.05. The molecule has 0 aliphatic carbocycles. The molecule has 1 fully saturated rings. The van der Waals surface area contributed by atoms with E-state index >= 15 is 0 Å². The van der Waals surface area contributed by atoms with Gasteiger partial charge >= 0.3 is 5.97 Å². The number of hydrogen-bond donors (Lipinski definition) is 0. The van der Waals surface area contributed by atoms with E-state index in [4.69, 9.17) is 19.7 Å². The van der Waals surface area contributed by atoms with Gasteiger partial charge in [0.15, 0.2) is 5.79 Å². The number of methoxy groups -OCH3 is 1. The number of allylic oxidation sites excluding steroid dienone is 1. The lowest BCUT2D eigenvalue weighted by Crippen LogP contribution is -2.24. The van der Waals surface area contributed by atoms with E-state index in [1.807, 2.05) is 26.0 Å². The number of rotatable bonds is 8. The predicted octanol–water partition coefficient (Wildman–Crippen LogP) is 3.35. The summed E-state index contributed by atoms with van der Waals surface area (Å²) in [6, 6.07) is 0. The van der Waals surface area contributed by atoms with Crippen molar-refractivity contribution in [1.29, 1.82) is 0 Å². The molecule has 0 saturated carbocycles. The van der Waals surface area contributed by atoms with Gasteiger partial charge in [0.1, 0.15) is 6.10 Å². The van der Waals surface area contributed by atoms with Crippen molar-refractivity contribution in [2.45, 2.75) is 58.0 Å². The van der Waals surface area contributed by atoms with E-state index in [9.17, 15) is 4.79 Å². The zero-order chi connectivity index (χ0) is 16.6. The van der Waals surface area contributed by atoms with Gasteiger partial charge in [0.25, 0.3) is 0 Å². The largest absolute Gasteiger partial charge is 0.469 e. The maximum atomic E-state index is 11.4. The lowest BCUT2D eigenvalue weighted by atomic mass is 9.98. The van der Waals surface area contributed by atoms with Crippen LogP contribution in [0.3, 0.4) is 0 Å². The fourth-order valence-electron chi connectivity index (χ4n) is 2.49. The molecule has 3 atom stereocenters. The number of carbonyl (C=O) groups excluding carboxylic acids is 1. The van der Waals surface area contributed by atoms with Crippen molar-refractivity contribution >= 4 is 5.97 Å². The van der Waals surface area contributed by atoms with Gasteiger partial charge in [-0.2, -0.15) is 0 Å². The normalized spacial score (nSPS) is 24.9. The molecular formula is C15H25N3O4. The Labute approximate surface area is 131 Å². The summed E-state index contributed by atoms with van der Waals surface area (Å²) in [5, 5.41) is 3.56. The zero-order valence-electron chi connectivity index (χ0n) is 13.7. The molecule has 0 amide bonds. The molecule has 1 rings (SSSR count). The van der Waals surface area contributed by atoms with Gasteiger partial charge in [-0.05, 0) is 31.7 Å². The smallest absolute Gasteiger partial charge is 0.306 e. The van der Waals surface area contributed by atoms with Crippen molar-refractivity contribution in [3.63, 3.8) is 0 Å². The number of carbonyl (C=O) groups is 1. The first-order valence-electron chi connectivity index (χ1n) is 7.53. The molecule has 0 bridgehead atoms. The summed E-state index contributed by atoms with van der Waals surface area (Å²) in [7, 11) is 1.39. The van der Waals surface area contributed by atoms with Gasteiger partial charge in [0.05, 0.1) is 26.2 Å². The van der Waals surface area contributed by atoms with Crippen LogP contribution in [0.1, 0.15) is 40.0 Å². The van der Waals surface area contributed by atoms with Gasteiger partial charge in [-0.3, -0.25) is 4.79 Å². The Balaban J connectivity index is 2.73. The summed E-state index contributed by atoms with van der Waals surface area (Å²) < 4.78 is 16.3. The second-order valence-electron chi connectivity index (χ2n) is 5.77. The molecule has 22 heavy (non-hydrogen) atoms. The average Bonchev–Trinajstić information content (AvgIpc) is 2.76. The van der Waals surface area contributed by atoms with E-state index in [0.29, 0.717) is 6.42 Å². The van der Waals surface area contributed by atoms with Crippen LogP contribution < -0.4 is 0 Å². The van der Waals surface area contributed by atoms with Gasteiger partial charge in [0, 0.05) is 4.91 Å². The molecule has 1 saturated heterocycles. The molecule has 0 aromatic rings. The quantitative estimate of drug-likeness (QED) is 0.226. The maximum absolute atomic E-state index is 11.4. The third-order valence-electron chi connectivity index (χ3n) is 3.44. The van der Waals surface area contributed by atoms with Gasteiger partial charge in [-0.25, -0.2) is 0 Å². The van der Waals surface area contributed by atoms with E-state index in [2.05, 4.69) is 16.9 Å². The van der Waals surface area contributed by atoms with Crippen molar-refractivity contribution < 1.29 is 19.0 Å². The minimum absolute atomic E-state index is 0.102. The van der Waals surface area contributed by atoms with E-state index in [1.165, 1.54) is 7.11 Å². The van der Waals surface area contributed by atoms with Crippen molar-refractivity contribution in [3.8, 4) is 0 Å². The molecule has 1 heterocycles. The number of hydrogen-bond acceptors (Lipinski definition) is 5. The average molecular weight is 311 g/mol. The summed E-state index contributed by atoms with van der Waals surface area (Å²) in [5.74, 6) is -0.838. The summed E-state index contributed by atoms with van der Waals surface area (Å²) in [5.41, 5.74) is 8.45. The van der Waals surface area contributed by atoms with Crippen LogP contribution >= 0.6 is 0 Å². The van der Waals surface area contributed by atoms with Crippen LogP contribution in [0.5, 0.6) is 0 Å². The first kappa shape index (κ1) is 18.5. The first-order valence-corrected chi connectivity index (χ1v) is 7.53. The third-order valence-corrected chi connectivity index (χ3v) is 3.44. The molecule has 124 valence electrons. The first-order chi connectivity index (χ1) is 10.4. The topological polar surface area (TPSA) is 93.5 Å². The Bertz CT molecular complexity index is 444. The Morgan fingerprint density at radius 3 is 2.82 bits per heavy atom. The van der Waals surface area contributed by atoms with Crippen LogP contribution in [0, 0.1) is 5.92 Å². The molecule has 0 N–H and O–H groups in total. The number of esters is 1. The second kappa shape index (κ2) is 8.78. The molecule has 0 aromatic heterocycles. The molecule has 0 radical (unpaired) electrons. The number of ether oxygens (including phenoxy) is 3. The summed E-state index contributed by atoms with van der Waals surface area (Å²) in [6.07, 6.45) is 5.47. The van der Waals surface area contributed by atoms with Gasteiger partial charge in [-0.15, -0.1) is 0 Å². The molecule has 1 aliphatic rings. The highest BCUT2D eigenvalue weighted by Gasteiger charge is 2.39. The Morgan fingerprint density at radius 2 is 2.23 bits per heavy atom. The molecule has 0 spiro atoms. The fraction of sp³-hybridized carbons (Fsp3) is 0.800. The van der Waals surface area contributed by atoms with Crippen LogP contribution in [-0.2, 0) is 19.0 Å². The Morgan fingerprint density at radius 1 is 1.50 bits per heavy atom. The standard InChI is InChI=1S/C15H25N3O4/c1-5-6-11(9-14(19)20-4)7-8-12-13(10-17-18-16)22-15(2,3)21-12/h7-8,11-13H,5-6,9-10H2,1-4H3/b8-7+/t11-,12+,13-/m1/s1. The van der Waals surface area contributed by atoms with Crippen LogP contribution in [0.25, 0.3) is 10.4 Å². The van der Waals surface area contributed by atoms with Crippen molar-refractivity contribution in [1.82, 2.24) is 0 Å². The maximum Gasteiger partial charge on any atom is 0.306 e. The molecular weight excluding hydrogens is 286 g/mol. The minimum Gasteiger partial charge on any atom is -0.469 e. The molecule has 7 heteroatoms. The van der Waals surface area contributed by atoms with Gasteiger partial charge < -0.3 is 14.2 Å². The minimum atomic E-state index is -0.715. The van der Waals surface area contributed by atoms with Crippen LogP contribution in [0.15, 0.2) is 17.3 Å². The SMILES string of the molecule is CCC[C@H](/C=C/[C@@H]1OC(C)(C)O[C@@H]1CN=[N+]=[N-])CC(=O)OC. The van der Waals surface area contributed by atoms with E-state index in [0.717, 1.165) is 12.8 Å². The highest BCUT2D eigenvalue weighted by Crippen LogP contribution is 2.29. The van der Waals surface area contributed by atoms with Gasteiger partial charge in [0.2, 0.25) is 0 Å². The molecule has 7 nitrogen and oxygen atoms in total. The highest BCUT2D eigenvalue weighted by molar-refractivity contribution is 5.69. The van der Waals surface area contributed by atoms with E-state index in [-0.39, 0.29) is 30.6 Å². The van der Waals surface area contributed by atoms with Crippen molar-refractivity contribution in [2.24, 2.45) is 11.0 Å². The van der Waals surface area contributed by atoms with Crippen molar-refractivity contribution in [2.75, 3.05) is 13.7 Å². The number of nitrogens with zero attached hydrogens (tertiary/aromatic N) is 3. The zero-order valence-corrected chi connectivity index (χ0v) is 13.7. The lowest BCUT2D eigenvalue weighted by Gasteiger charge is -2.16. The Hall–Kier alpha value is -1.56. The monoisotopic (exact) mass is 311 g/mol. The summed E-state index contributed by atoms with van der Waals surface area (Å²) in [6.45, 7) is 5.93. The highest BCUT2D eigenvalue weighted by atomic mass is 16.7. The van der Waals surface area contributed by atoms with E-state index < -0.39 is 5.79 Å². The predicted molar refractivity (Wildman–Crippen MR) is 82.0 cm³/mol. The van der Waals surface area contributed by atoms with Crippen molar-refractivity contribution in [3.05, 3.63) is 22.6 Å². The number of azide groups is 1. The van der Waals surface area contributed by atoms with Gasteiger partial charge in [-0.1, -0.05) is 30.6 Å². The second-order valence-corrected chi connectivity index (χ2v) is 5.77. The summed E-state index contributed by atoms with van der Waals surface area (Å²) in [4.78, 5) is 14.2. The van der Waals surface area contributed by atoms with Crippen LogP contribution in [0.2, 0.25) is 0 Å². The lowest BCUT2D eigenvalue weighted by molar-refractivity contribution is -0.142. The fourth-order valence-corrected chi connectivity index (χ4v) is 2.49. The molecule has 0 aromatic carbocycles. The van der Waals surface area contributed by atoms with Crippen LogP contribution in [-0.4, -0.2) is 37.6 Å². The molecule has 0 unspecified atom stereocenters.